The zero-order valence-electron chi connectivity index (χ0n) is 27.6. The Morgan fingerprint density at radius 3 is 1.57 bits per heavy atom. The average Bonchev–Trinajstić information content (AvgIpc) is 3.55. The maximum absolute atomic E-state index is 4.91. The van der Waals surface area contributed by atoms with E-state index in [1.807, 2.05) is 60.7 Å². The summed E-state index contributed by atoms with van der Waals surface area (Å²) in [7, 11) is 0. The van der Waals surface area contributed by atoms with Gasteiger partial charge in [-0.05, 0) is 51.6 Å². The molecule has 8 aromatic carbocycles. The van der Waals surface area contributed by atoms with E-state index < -0.39 is 0 Å². The maximum atomic E-state index is 4.91. The summed E-state index contributed by atoms with van der Waals surface area (Å²) in [6, 6.07) is 64.0. The second-order valence-electron chi connectivity index (χ2n) is 12.9. The molecule has 0 bridgehead atoms. The van der Waals surface area contributed by atoms with Crippen LogP contribution in [0.4, 0.5) is 0 Å². The number of nitrogens with zero attached hydrogens (tertiary/aromatic N) is 4. The molecule has 0 atom stereocenters. The molecule has 0 saturated carbocycles. The number of benzene rings is 8. The van der Waals surface area contributed by atoms with Crippen molar-refractivity contribution in [1.82, 2.24) is 19.5 Å². The van der Waals surface area contributed by atoms with Crippen molar-refractivity contribution in [3.8, 4) is 51.0 Å². The highest BCUT2D eigenvalue weighted by molar-refractivity contribution is 6.22. The van der Waals surface area contributed by atoms with Gasteiger partial charge < -0.3 is 4.57 Å². The van der Waals surface area contributed by atoms with Crippen LogP contribution in [-0.2, 0) is 0 Å². The van der Waals surface area contributed by atoms with Crippen LogP contribution in [0.2, 0.25) is 0 Å². The van der Waals surface area contributed by atoms with Crippen molar-refractivity contribution in [3.05, 3.63) is 182 Å². The third-order valence-corrected chi connectivity index (χ3v) is 9.84. The first-order valence-electron chi connectivity index (χ1n) is 17.2. The summed E-state index contributed by atoms with van der Waals surface area (Å²) in [5.74, 6) is 1.97. The van der Waals surface area contributed by atoms with E-state index in [0.717, 1.165) is 27.8 Å². The van der Waals surface area contributed by atoms with Crippen LogP contribution >= 0.6 is 0 Å². The minimum atomic E-state index is 0.651. The van der Waals surface area contributed by atoms with Gasteiger partial charge in [-0.25, -0.2) is 15.0 Å². The van der Waals surface area contributed by atoms with E-state index in [1.54, 1.807) is 0 Å². The molecule has 0 aliphatic rings. The predicted octanol–water partition coefficient (Wildman–Crippen LogP) is 11.9. The van der Waals surface area contributed by atoms with Crippen molar-refractivity contribution in [3.63, 3.8) is 0 Å². The molecule has 0 N–H and O–H groups in total. The summed E-state index contributed by atoms with van der Waals surface area (Å²) in [5, 5.41) is 7.46. The van der Waals surface area contributed by atoms with Crippen LogP contribution in [0.15, 0.2) is 182 Å². The predicted molar refractivity (Wildman–Crippen MR) is 211 cm³/mol. The van der Waals surface area contributed by atoms with Crippen molar-refractivity contribution >= 4 is 43.4 Å². The van der Waals surface area contributed by atoms with Gasteiger partial charge in [0, 0.05) is 32.8 Å². The molecule has 0 unspecified atom stereocenters. The number of rotatable bonds is 5. The molecule has 238 valence electrons. The lowest BCUT2D eigenvalue weighted by molar-refractivity contribution is 1.07. The molecular formula is C47H30N4. The standard InChI is InChI=1S/C47H30N4/c1-3-13-33(14-4-1)45-48-46(34-15-5-2-6-16-34)50-47(49-45)35-24-22-31(23-25-35)36-26-28-39-37(30-36)27-29-43-44(39)40-19-9-10-20-42(40)51(43)41-21-11-17-32-12-7-8-18-38(32)41/h1-30H. The topological polar surface area (TPSA) is 43.6 Å². The normalized spacial score (nSPS) is 11.5. The third kappa shape index (κ3) is 4.96. The van der Waals surface area contributed by atoms with Crippen molar-refractivity contribution in [2.45, 2.75) is 0 Å². The Bertz CT molecular complexity index is 2830. The number of para-hydroxylation sites is 1. The molecule has 0 aliphatic carbocycles. The molecule has 0 saturated heterocycles. The van der Waals surface area contributed by atoms with E-state index in [9.17, 15) is 0 Å². The Morgan fingerprint density at radius 2 is 0.863 bits per heavy atom. The van der Waals surface area contributed by atoms with Gasteiger partial charge in [0.2, 0.25) is 0 Å². The molecular weight excluding hydrogens is 621 g/mol. The minimum Gasteiger partial charge on any atom is -0.309 e. The summed E-state index contributed by atoms with van der Waals surface area (Å²) in [5.41, 5.74) is 8.77. The quantitative estimate of drug-likeness (QED) is 0.186. The van der Waals surface area contributed by atoms with Crippen LogP contribution in [0.25, 0.3) is 94.3 Å². The van der Waals surface area contributed by atoms with Gasteiger partial charge in [0.05, 0.1) is 16.7 Å². The van der Waals surface area contributed by atoms with Crippen LogP contribution in [0.5, 0.6) is 0 Å². The van der Waals surface area contributed by atoms with E-state index >= 15 is 0 Å². The van der Waals surface area contributed by atoms with Gasteiger partial charge in [0.15, 0.2) is 17.5 Å². The van der Waals surface area contributed by atoms with E-state index in [0.29, 0.717) is 17.5 Å². The SMILES string of the molecule is c1ccc(-c2nc(-c3ccccc3)nc(-c3ccc(-c4ccc5c(ccc6c5c5ccccc5n6-c5cccc6ccccc56)c4)cc3)n2)cc1. The highest BCUT2D eigenvalue weighted by Crippen LogP contribution is 2.39. The fourth-order valence-electron chi connectivity index (χ4n) is 7.39. The molecule has 10 rings (SSSR count). The summed E-state index contributed by atoms with van der Waals surface area (Å²) in [6.45, 7) is 0. The molecule has 0 fully saturated rings. The van der Waals surface area contributed by atoms with E-state index in [4.69, 9.17) is 15.0 Å². The Hall–Kier alpha value is -6.91. The lowest BCUT2D eigenvalue weighted by Gasteiger charge is -2.12. The van der Waals surface area contributed by atoms with Crippen molar-refractivity contribution in [2.24, 2.45) is 0 Å². The number of aromatic nitrogens is 4. The molecule has 0 aliphatic heterocycles. The lowest BCUT2D eigenvalue weighted by atomic mass is 9.97. The van der Waals surface area contributed by atoms with Crippen LogP contribution in [0, 0.1) is 0 Å². The van der Waals surface area contributed by atoms with Gasteiger partial charge in [-0.2, -0.15) is 0 Å². The maximum Gasteiger partial charge on any atom is 0.164 e. The van der Waals surface area contributed by atoms with E-state index in [-0.39, 0.29) is 0 Å². The van der Waals surface area contributed by atoms with Crippen LogP contribution in [-0.4, -0.2) is 19.5 Å². The lowest BCUT2D eigenvalue weighted by Crippen LogP contribution is -2.00. The second kappa shape index (κ2) is 11.9. The minimum absolute atomic E-state index is 0.651. The van der Waals surface area contributed by atoms with E-state index in [2.05, 4.69) is 126 Å². The summed E-state index contributed by atoms with van der Waals surface area (Å²) in [4.78, 5) is 14.7. The number of hydrogen-bond donors (Lipinski definition) is 0. The summed E-state index contributed by atoms with van der Waals surface area (Å²) < 4.78 is 2.42. The molecule has 51 heavy (non-hydrogen) atoms. The Labute approximate surface area is 295 Å². The number of fused-ring (bicyclic) bond motifs is 6. The summed E-state index contributed by atoms with van der Waals surface area (Å²) >= 11 is 0. The number of hydrogen-bond acceptors (Lipinski definition) is 3. The van der Waals surface area contributed by atoms with Crippen molar-refractivity contribution in [2.75, 3.05) is 0 Å². The molecule has 0 amide bonds. The molecule has 0 radical (unpaired) electrons. The van der Waals surface area contributed by atoms with Gasteiger partial charge in [0.1, 0.15) is 0 Å². The highest BCUT2D eigenvalue weighted by atomic mass is 15.0. The molecule has 2 aromatic heterocycles. The first-order chi connectivity index (χ1) is 25.3. The molecule has 10 aromatic rings. The molecule has 4 nitrogen and oxygen atoms in total. The van der Waals surface area contributed by atoms with Gasteiger partial charge in [-0.1, -0.05) is 158 Å². The molecule has 2 heterocycles. The first kappa shape index (κ1) is 29.0. The highest BCUT2D eigenvalue weighted by Gasteiger charge is 2.17. The Balaban J connectivity index is 1.06. The van der Waals surface area contributed by atoms with E-state index in [1.165, 1.54) is 49.0 Å². The first-order valence-corrected chi connectivity index (χ1v) is 17.2. The largest absolute Gasteiger partial charge is 0.309 e. The average molecular weight is 651 g/mol. The second-order valence-corrected chi connectivity index (χ2v) is 12.9. The fourth-order valence-corrected chi connectivity index (χ4v) is 7.39. The van der Waals surface area contributed by atoms with Gasteiger partial charge in [-0.15, -0.1) is 0 Å². The van der Waals surface area contributed by atoms with Crippen LogP contribution in [0.1, 0.15) is 0 Å². The summed E-state index contributed by atoms with van der Waals surface area (Å²) in [6.07, 6.45) is 0. The fraction of sp³-hybridized carbons (Fsp3) is 0. The molecule has 0 spiro atoms. The van der Waals surface area contributed by atoms with Crippen LogP contribution < -0.4 is 0 Å². The van der Waals surface area contributed by atoms with Crippen LogP contribution in [0.3, 0.4) is 0 Å². The van der Waals surface area contributed by atoms with Crippen molar-refractivity contribution < 1.29 is 0 Å². The zero-order valence-corrected chi connectivity index (χ0v) is 27.6. The van der Waals surface area contributed by atoms with Gasteiger partial charge in [0.25, 0.3) is 0 Å². The monoisotopic (exact) mass is 650 g/mol. The van der Waals surface area contributed by atoms with Crippen molar-refractivity contribution in [1.29, 1.82) is 0 Å². The van der Waals surface area contributed by atoms with Gasteiger partial charge >= 0.3 is 0 Å². The Kier molecular flexibility index (Phi) is 6.78. The smallest absolute Gasteiger partial charge is 0.164 e. The zero-order chi connectivity index (χ0) is 33.7. The third-order valence-electron chi connectivity index (χ3n) is 9.84. The van der Waals surface area contributed by atoms with Gasteiger partial charge in [-0.3, -0.25) is 0 Å². The Morgan fingerprint density at radius 1 is 0.314 bits per heavy atom. The molecule has 4 heteroatoms.